The summed E-state index contributed by atoms with van der Waals surface area (Å²) in [6, 6.07) is 1.66. The van der Waals surface area contributed by atoms with Crippen LogP contribution >= 0.6 is 0 Å². The second-order valence-electron chi connectivity index (χ2n) is 7.25. The van der Waals surface area contributed by atoms with Crippen LogP contribution in [-0.4, -0.2) is 36.6 Å². The molecular formula is C16H30N2. The van der Waals surface area contributed by atoms with Crippen LogP contribution in [0.5, 0.6) is 0 Å². The third-order valence-corrected chi connectivity index (χ3v) is 5.84. The predicted octanol–water partition coefficient (Wildman–Crippen LogP) is 2.89. The van der Waals surface area contributed by atoms with Crippen molar-refractivity contribution in [1.29, 1.82) is 0 Å². The summed E-state index contributed by atoms with van der Waals surface area (Å²) in [7, 11) is 0. The molecule has 18 heavy (non-hydrogen) atoms. The quantitative estimate of drug-likeness (QED) is 0.811. The Hall–Kier alpha value is -0.0800. The van der Waals surface area contributed by atoms with E-state index in [2.05, 4.69) is 24.1 Å². The average Bonchev–Trinajstić information content (AvgIpc) is 2.76. The highest BCUT2D eigenvalue weighted by molar-refractivity contribution is 4.94. The summed E-state index contributed by atoms with van der Waals surface area (Å²) in [4.78, 5) is 2.72. The van der Waals surface area contributed by atoms with Crippen LogP contribution in [0.3, 0.4) is 0 Å². The Morgan fingerprint density at radius 2 is 1.89 bits per heavy atom. The van der Waals surface area contributed by atoms with Crippen LogP contribution in [-0.2, 0) is 0 Å². The Morgan fingerprint density at radius 1 is 1.06 bits per heavy atom. The Morgan fingerprint density at radius 3 is 2.67 bits per heavy atom. The minimum absolute atomic E-state index is 0.790. The van der Waals surface area contributed by atoms with Crippen LogP contribution in [0, 0.1) is 17.8 Å². The first-order chi connectivity index (χ1) is 8.72. The van der Waals surface area contributed by atoms with Gasteiger partial charge >= 0.3 is 0 Å². The van der Waals surface area contributed by atoms with Gasteiger partial charge in [0, 0.05) is 25.2 Å². The molecule has 0 radical (unpaired) electrons. The molecule has 104 valence electrons. The van der Waals surface area contributed by atoms with Crippen molar-refractivity contribution in [2.24, 2.45) is 17.8 Å². The summed E-state index contributed by atoms with van der Waals surface area (Å²) in [6.07, 6.45) is 8.72. The van der Waals surface area contributed by atoms with E-state index in [-0.39, 0.29) is 0 Å². The third kappa shape index (κ3) is 2.75. The normalized spacial score (nSPS) is 46.0. The molecule has 0 bridgehead atoms. The lowest BCUT2D eigenvalue weighted by molar-refractivity contribution is 0.128. The smallest absolute Gasteiger partial charge is 0.0200 e. The van der Waals surface area contributed by atoms with Crippen molar-refractivity contribution in [2.75, 3.05) is 19.6 Å². The average molecular weight is 250 g/mol. The standard InChI is InChI=1S/C16H30N2/c1-12-7-8-18(10-13(12)2)11-15-9-14-5-3-4-6-16(14)17-15/h12-17H,3-11H2,1-2H3. The van der Waals surface area contributed by atoms with E-state index < -0.39 is 0 Å². The minimum atomic E-state index is 0.790. The van der Waals surface area contributed by atoms with Gasteiger partial charge in [-0.1, -0.05) is 26.7 Å². The van der Waals surface area contributed by atoms with E-state index >= 15 is 0 Å². The van der Waals surface area contributed by atoms with Gasteiger partial charge in [0.05, 0.1) is 0 Å². The second-order valence-corrected chi connectivity index (χ2v) is 7.25. The molecule has 3 fully saturated rings. The van der Waals surface area contributed by atoms with E-state index in [1.165, 1.54) is 58.2 Å². The van der Waals surface area contributed by atoms with Crippen LogP contribution in [0.4, 0.5) is 0 Å². The maximum atomic E-state index is 3.92. The van der Waals surface area contributed by atoms with Gasteiger partial charge < -0.3 is 10.2 Å². The Bertz CT molecular complexity index is 264. The lowest BCUT2D eigenvalue weighted by Gasteiger charge is -2.36. The van der Waals surface area contributed by atoms with E-state index in [0.29, 0.717) is 0 Å². The van der Waals surface area contributed by atoms with E-state index in [0.717, 1.165) is 29.8 Å². The lowest BCUT2D eigenvalue weighted by atomic mass is 9.85. The third-order valence-electron chi connectivity index (χ3n) is 5.84. The summed E-state index contributed by atoms with van der Waals surface area (Å²) in [5.41, 5.74) is 0. The van der Waals surface area contributed by atoms with Crippen molar-refractivity contribution in [3.8, 4) is 0 Å². The predicted molar refractivity (Wildman–Crippen MR) is 76.7 cm³/mol. The second kappa shape index (κ2) is 5.50. The van der Waals surface area contributed by atoms with Gasteiger partial charge in [0.25, 0.3) is 0 Å². The molecule has 3 rings (SSSR count). The molecular weight excluding hydrogens is 220 g/mol. The monoisotopic (exact) mass is 250 g/mol. The molecule has 2 saturated heterocycles. The highest BCUT2D eigenvalue weighted by atomic mass is 15.2. The molecule has 1 saturated carbocycles. The molecule has 1 aliphatic carbocycles. The zero-order chi connectivity index (χ0) is 12.5. The number of fused-ring (bicyclic) bond motifs is 1. The molecule has 2 aliphatic heterocycles. The van der Waals surface area contributed by atoms with Gasteiger partial charge in [-0.3, -0.25) is 0 Å². The van der Waals surface area contributed by atoms with E-state index in [1.807, 2.05) is 0 Å². The number of piperidine rings is 1. The Kier molecular flexibility index (Phi) is 3.95. The van der Waals surface area contributed by atoms with Crippen molar-refractivity contribution in [2.45, 2.75) is 64.5 Å². The fourth-order valence-corrected chi connectivity index (χ4v) is 4.40. The molecule has 5 unspecified atom stereocenters. The van der Waals surface area contributed by atoms with Gasteiger partial charge in [-0.25, -0.2) is 0 Å². The van der Waals surface area contributed by atoms with Crippen LogP contribution in [0.2, 0.25) is 0 Å². The van der Waals surface area contributed by atoms with E-state index in [9.17, 15) is 0 Å². The highest BCUT2D eigenvalue weighted by Gasteiger charge is 2.36. The summed E-state index contributed by atoms with van der Waals surface area (Å²) in [5, 5.41) is 3.92. The van der Waals surface area contributed by atoms with Crippen molar-refractivity contribution in [1.82, 2.24) is 10.2 Å². The fourth-order valence-electron chi connectivity index (χ4n) is 4.40. The van der Waals surface area contributed by atoms with Gasteiger partial charge in [0.1, 0.15) is 0 Å². The van der Waals surface area contributed by atoms with Crippen LogP contribution < -0.4 is 5.32 Å². The van der Waals surface area contributed by atoms with Crippen LogP contribution in [0.15, 0.2) is 0 Å². The highest BCUT2D eigenvalue weighted by Crippen LogP contribution is 2.34. The van der Waals surface area contributed by atoms with E-state index in [1.54, 1.807) is 0 Å². The van der Waals surface area contributed by atoms with Crippen molar-refractivity contribution >= 4 is 0 Å². The summed E-state index contributed by atoms with van der Waals surface area (Å²) < 4.78 is 0. The molecule has 5 atom stereocenters. The molecule has 3 aliphatic rings. The molecule has 0 aromatic rings. The van der Waals surface area contributed by atoms with E-state index in [4.69, 9.17) is 0 Å². The van der Waals surface area contributed by atoms with Gasteiger partial charge in [-0.15, -0.1) is 0 Å². The summed E-state index contributed by atoms with van der Waals surface area (Å²) in [6.45, 7) is 8.82. The van der Waals surface area contributed by atoms with Gasteiger partial charge in [-0.2, -0.15) is 0 Å². The largest absolute Gasteiger partial charge is 0.310 e. The first-order valence-corrected chi connectivity index (χ1v) is 8.21. The topological polar surface area (TPSA) is 15.3 Å². The van der Waals surface area contributed by atoms with Gasteiger partial charge in [-0.05, 0) is 50.0 Å². The molecule has 2 heterocycles. The van der Waals surface area contributed by atoms with Gasteiger partial charge in [0.15, 0.2) is 0 Å². The zero-order valence-corrected chi connectivity index (χ0v) is 12.2. The number of rotatable bonds is 2. The number of likely N-dealkylation sites (tertiary alicyclic amines) is 1. The number of hydrogen-bond donors (Lipinski definition) is 1. The molecule has 0 spiro atoms. The SMILES string of the molecule is CC1CCN(CC2CC3CCCCC3N2)CC1C. The van der Waals surface area contributed by atoms with Crippen molar-refractivity contribution < 1.29 is 0 Å². The summed E-state index contributed by atoms with van der Waals surface area (Å²) in [5.74, 6) is 2.83. The first kappa shape index (κ1) is 12.9. The Labute approximate surface area is 113 Å². The Balaban J connectivity index is 1.49. The zero-order valence-electron chi connectivity index (χ0n) is 12.2. The molecule has 2 nitrogen and oxygen atoms in total. The maximum absolute atomic E-state index is 3.92. The molecule has 0 aromatic carbocycles. The first-order valence-electron chi connectivity index (χ1n) is 8.21. The number of nitrogens with one attached hydrogen (secondary N) is 1. The fraction of sp³-hybridized carbons (Fsp3) is 1.00. The molecule has 1 N–H and O–H groups in total. The molecule has 2 heteroatoms. The summed E-state index contributed by atoms with van der Waals surface area (Å²) >= 11 is 0. The van der Waals surface area contributed by atoms with Crippen LogP contribution in [0.1, 0.15) is 52.4 Å². The maximum Gasteiger partial charge on any atom is 0.0200 e. The number of nitrogens with zero attached hydrogens (tertiary/aromatic N) is 1. The lowest BCUT2D eigenvalue weighted by Crippen LogP contribution is -2.45. The van der Waals surface area contributed by atoms with Crippen LogP contribution in [0.25, 0.3) is 0 Å². The van der Waals surface area contributed by atoms with Gasteiger partial charge in [0.2, 0.25) is 0 Å². The minimum Gasteiger partial charge on any atom is -0.310 e. The van der Waals surface area contributed by atoms with Crippen molar-refractivity contribution in [3.05, 3.63) is 0 Å². The molecule has 0 amide bonds. The van der Waals surface area contributed by atoms with Crippen molar-refractivity contribution in [3.63, 3.8) is 0 Å². The number of hydrogen-bond acceptors (Lipinski definition) is 2. The molecule has 0 aromatic heterocycles.